The van der Waals surface area contributed by atoms with Crippen LogP contribution < -0.4 is 16.0 Å². The highest BCUT2D eigenvalue weighted by atomic mass is 19.4. The molecule has 0 fully saturated rings. The third-order valence-electron chi connectivity index (χ3n) is 3.85. The molecule has 7 heteroatoms. The number of nitrogens with one attached hydrogen (secondary N) is 1. The molecule has 1 aromatic rings. The molecule has 3 N–H and O–H groups in total. The Morgan fingerprint density at radius 2 is 2.10 bits per heavy atom. The molecule has 4 nitrogen and oxygen atoms in total. The molecule has 0 aliphatic carbocycles. The summed E-state index contributed by atoms with van der Waals surface area (Å²) in [5.74, 6) is -0.264. The maximum Gasteiger partial charge on any atom is 0.412 e. The van der Waals surface area contributed by atoms with E-state index in [0.29, 0.717) is 17.8 Å². The normalized spacial score (nSPS) is 21.9. The predicted octanol–water partition coefficient (Wildman–Crippen LogP) is 2.34. The smallest absolute Gasteiger partial charge is 0.367 e. The van der Waals surface area contributed by atoms with Crippen molar-refractivity contribution < 1.29 is 18.0 Å². The summed E-state index contributed by atoms with van der Waals surface area (Å²) in [5, 5.41) is 2.67. The Bertz CT molecular complexity index is 624. The van der Waals surface area contributed by atoms with Crippen molar-refractivity contribution in [2.75, 3.05) is 23.3 Å². The molecule has 1 amide bonds. The Morgan fingerprint density at radius 3 is 2.71 bits per heavy atom. The predicted molar refractivity (Wildman–Crippen MR) is 73.0 cm³/mol. The third-order valence-corrected chi connectivity index (χ3v) is 3.85. The fourth-order valence-corrected chi connectivity index (χ4v) is 2.63. The standard InChI is InChI=1S/C14H14F3N3O/c15-14(16,17)8-3-5-20(6-4-8)9-1-2-10-11(7-9)19-13(21)12(10)18/h1-3,7,12H,4-6,18H2,(H,19,21). The van der Waals surface area contributed by atoms with E-state index in [0.717, 1.165) is 5.69 Å². The molecule has 21 heavy (non-hydrogen) atoms. The minimum absolute atomic E-state index is 0.0353. The van der Waals surface area contributed by atoms with Gasteiger partial charge in [0.05, 0.1) is 0 Å². The van der Waals surface area contributed by atoms with Crippen LogP contribution in [-0.4, -0.2) is 25.2 Å². The second-order valence-corrected chi connectivity index (χ2v) is 5.16. The number of rotatable bonds is 1. The van der Waals surface area contributed by atoms with E-state index in [9.17, 15) is 18.0 Å². The van der Waals surface area contributed by atoms with Crippen LogP contribution in [0.25, 0.3) is 0 Å². The molecular weight excluding hydrogens is 283 g/mol. The Hall–Kier alpha value is -2.02. The van der Waals surface area contributed by atoms with Crippen LogP contribution in [0.2, 0.25) is 0 Å². The average molecular weight is 297 g/mol. The first-order valence-corrected chi connectivity index (χ1v) is 6.58. The molecule has 112 valence electrons. The van der Waals surface area contributed by atoms with Crippen LogP contribution in [0.1, 0.15) is 18.0 Å². The van der Waals surface area contributed by atoms with Crippen molar-refractivity contribution >= 4 is 17.3 Å². The Labute approximate surface area is 119 Å². The molecule has 0 saturated carbocycles. The zero-order valence-corrected chi connectivity index (χ0v) is 11.1. The van der Waals surface area contributed by atoms with E-state index in [2.05, 4.69) is 5.32 Å². The van der Waals surface area contributed by atoms with Gasteiger partial charge in [-0.15, -0.1) is 0 Å². The molecule has 0 spiro atoms. The first-order chi connectivity index (χ1) is 9.86. The molecular formula is C14H14F3N3O. The van der Waals surface area contributed by atoms with E-state index in [1.165, 1.54) is 6.08 Å². The van der Waals surface area contributed by atoms with Crippen LogP contribution >= 0.6 is 0 Å². The molecule has 2 heterocycles. The number of amides is 1. The Kier molecular flexibility index (Phi) is 3.16. The molecule has 1 unspecified atom stereocenters. The minimum Gasteiger partial charge on any atom is -0.367 e. The number of carbonyl (C=O) groups excluding carboxylic acids is 1. The monoisotopic (exact) mass is 297 g/mol. The molecule has 3 rings (SSSR count). The van der Waals surface area contributed by atoms with Crippen LogP contribution in [0.4, 0.5) is 24.5 Å². The number of alkyl halides is 3. The van der Waals surface area contributed by atoms with Gasteiger partial charge in [0.15, 0.2) is 0 Å². The summed E-state index contributed by atoms with van der Waals surface area (Å²) < 4.78 is 37.8. The SMILES string of the molecule is NC1C(=O)Nc2cc(N3CC=C(C(F)(F)F)CC3)ccc21. The highest BCUT2D eigenvalue weighted by Crippen LogP contribution is 2.35. The minimum atomic E-state index is -4.25. The molecule has 0 bridgehead atoms. The molecule has 1 aromatic carbocycles. The lowest BCUT2D eigenvalue weighted by Crippen LogP contribution is -2.31. The van der Waals surface area contributed by atoms with Gasteiger partial charge in [-0.05, 0) is 18.6 Å². The van der Waals surface area contributed by atoms with Crippen LogP contribution in [0.3, 0.4) is 0 Å². The summed E-state index contributed by atoms with van der Waals surface area (Å²) in [7, 11) is 0. The molecule has 2 aliphatic rings. The van der Waals surface area contributed by atoms with Gasteiger partial charge in [-0.1, -0.05) is 12.1 Å². The van der Waals surface area contributed by atoms with Gasteiger partial charge in [0, 0.05) is 35.6 Å². The molecule has 1 atom stereocenters. The summed E-state index contributed by atoms with van der Waals surface area (Å²) >= 11 is 0. The van der Waals surface area contributed by atoms with Crippen molar-refractivity contribution in [1.82, 2.24) is 0 Å². The van der Waals surface area contributed by atoms with E-state index >= 15 is 0 Å². The summed E-state index contributed by atoms with van der Waals surface area (Å²) in [4.78, 5) is 13.3. The van der Waals surface area contributed by atoms with Gasteiger partial charge < -0.3 is 16.0 Å². The highest BCUT2D eigenvalue weighted by Gasteiger charge is 2.35. The van der Waals surface area contributed by atoms with Crippen LogP contribution in [-0.2, 0) is 4.79 Å². The number of carbonyl (C=O) groups is 1. The van der Waals surface area contributed by atoms with Gasteiger partial charge in [0.1, 0.15) is 6.04 Å². The number of halogens is 3. The van der Waals surface area contributed by atoms with Gasteiger partial charge in [-0.25, -0.2) is 0 Å². The second-order valence-electron chi connectivity index (χ2n) is 5.16. The van der Waals surface area contributed by atoms with Crippen LogP contribution in [0.15, 0.2) is 29.8 Å². The topological polar surface area (TPSA) is 58.4 Å². The Balaban J connectivity index is 1.80. The van der Waals surface area contributed by atoms with Gasteiger partial charge in [0.2, 0.25) is 5.91 Å². The van der Waals surface area contributed by atoms with E-state index in [-0.39, 0.29) is 18.9 Å². The quantitative estimate of drug-likeness (QED) is 0.782. The van der Waals surface area contributed by atoms with E-state index in [4.69, 9.17) is 5.73 Å². The number of hydrogen-bond acceptors (Lipinski definition) is 3. The molecule has 0 radical (unpaired) electrons. The molecule has 2 aliphatic heterocycles. The zero-order valence-electron chi connectivity index (χ0n) is 11.1. The molecule has 0 saturated heterocycles. The second kappa shape index (κ2) is 4.77. The van der Waals surface area contributed by atoms with Gasteiger partial charge >= 0.3 is 6.18 Å². The van der Waals surface area contributed by atoms with Crippen LogP contribution in [0.5, 0.6) is 0 Å². The maximum absolute atomic E-state index is 12.6. The van der Waals surface area contributed by atoms with Gasteiger partial charge in [-0.3, -0.25) is 4.79 Å². The summed E-state index contributed by atoms with van der Waals surface area (Å²) in [5.41, 5.74) is 7.38. The van der Waals surface area contributed by atoms with Crippen molar-refractivity contribution in [3.8, 4) is 0 Å². The van der Waals surface area contributed by atoms with Gasteiger partial charge in [-0.2, -0.15) is 13.2 Å². The van der Waals surface area contributed by atoms with Crippen molar-refractivity contribution in [2.24, 2.45) is 5.73 Å². The number of anilines is 2. The fourth-order valence-electron chi connectivity index (χ4n) is 2.63. The van der Waals surface area contributed by atoms with E-state index in [1.807, 2.05) is 4.90 Å². The van der Waals surface area contributed by atoms with Crippen LogP contribution in [0, 0.1) is 0 Å². The number of hydrogen-bond donors (Lipinski definition) is 2. The number of nitrogens with zero attached hydrogens (tertiary/aromatic N) is 1. The first kappa shape index (κ1) is 13.9. The van der Waals surface area contributed by atoms with Crippen molar-refractivity contribution in [1.29, 1.82) is 0 Å². The lowest BCUT2D eigenvalue weighted by Gasteiger charge is -2.29. The summed E-state index contributed by atoms with van der Waals surface area (Å²) in [6.07, 6.45) is -3.07. The Morgan fingerprint density at radius 1 is 1.33 bits per heavy atom. The van der Waals surface area contributed by atoms with Crippen molar-refractivity contribution in [3.05, 3.63) is 35.4 Å². The van der Waals surface area contributed by atoms with E-state index < -0.39 is 17.8 Å². The maximum atomic E-state index is 12.6. The average Bonchev–Trinajstić information content (AvgIpc) is 2.73. The third kappa shape index (κ3) is 2.49. The zero-order chi connectivity index (χ0) is 15.2. The largest absolute Gasteiger partial charge is 0.412 e. The van der Waals surface area contributed by atoms with Crippen molar-refractivity contribution in [2.45, 2.75) is 18.6 Å². The first-order valence-electron chi connectivity index (χ1n) is 6.58. The lowest BCUT2D eigenvalue weighted by atomic mass is 10.1. The lowest BCUT2D eigenvalue weighted by molar-refractivity contribution is -0.116. The number of nitrogens with two attached hydrogens (primary N) is 1. The van der Waals surface area contributed by atoms with Gasteiger partial charge in [0.25, 0.3) is 0 Å². The summed E-state index contributed by atoms with van der Waals surface area (Å²) in [6.45, 7) is 0.498. The summed E-state index contributed by atoms with van der Waals surface area (Å²) in [6, 6.07) is 4.61. The highest BCUT2D eigenvalue weighted by molar-refractivity contribution is 6.02. The number of fused-ring (bicyclic) bond motifs is 1. The van der Waals surface area contributed by atoms with E-state index in [1.54, 1.807) is 18.2 Å². The van der Waals surface area contributed by atoms with Crippen molar-refractivity contribution in [3.63, 3.8) is 0 Å². The number of benzene rings is 1. The molecule has 0 aromatic heterocycles. The fraction of sp³-hybridized carbons (Fsp3) is 0.357.